The van der Waals surface area contributed by atoms with Gasteiger partial charge in [0, 0.05) is 48.5 Å². The number of aromatic nitrogens is 3. The summed E-state index contributed by atoms with van der Waals surface area (Å²) in [5, 5.41) is 7.26. The Kier molecular flexibility index (Phi) is 10.7. The lowest BCUT2D eigenvalue weighted by Gasteiger charge is -2.14. The molecule has 0 fully saturated rings. The fraction of sp³-hybridized carbons (Fsp3) is 0.417. The van der Waals surface area contributed by atoms with Crippen LogP contribution < -0.4 is 5.32 Å². The van der Waals surface area contributed by atoms with Crippen LogP contribution in [0.15, 0.2) is 57.1 Å². The monoisotopic (exact) mass is 467 g/mol. The third kappa shape index (κ3) is 8.09. The summed E-state index contributed by atoms with van der Waals surface area (Å²) in [5.74, 6) is 1.42. The number of nitrogens with one attached hydrogen (secondary N) is 1. The lowest BCUT2D eigenvalue weighted by Crippen LogP contribution is -2.23. The highest BCUT2D eigenvalue weighted by molar-refractivity contribution is 7.97. The van der Waals surface area contributed by atoms with Crippen molar-refractivity contribution in [2.24, 2.45) is 27.3 Å². The van der Waals surface area contributed by atoms with Gasteiger partial charge in [-0.05, 0) is 49.9 Å². The minimum Gasteiger partial charge on any atom is -0.310 e. The summed E-state index contributed by atoms with van der Waals surface area (Å²) in [6, 6.07) is 5.70. The summed E-state index contributed by atoms with van der Waals surface area (Å²) in [4.78, 5) is 24.6. The SMILES string of the molecule is C=C1C(C)=NC=N/C1=N/SC.CCCC(CCC)C(=O)Nc1ccc(-c2ccn(C)n2)cn1. The van der Waals surface area contributed by atoms with E-state index in [1.807, 2.05) is 44.6 Å². The van der Waals surface area contributed by atoms with E-state index in [0.29, 0.717) is 11.7 Å². The van der Waals surface area contributed by atoms with Crippen molar-refractivity contribution in [2.45, 2.75) is 46.5 Å². The van der Waals surface area contributed by atoms with Crippen LogP contribution in [0.4, 0.5) is 5.82 Å². The molecule has 176 valence electrons. The van der Waals surface area contributed by atoms with E-state index in [-0.39, 0.29) is 11.8 Å². The van der Waals surface area contributed by atoms with Crippen LogP contribution in [0.3, 0.4) is 0 Å². The third-order valence-electron chi connectivity index (χ3n) is 4.99. The second kappa shape index (κ2) is 13.5. The van der Waals surface area contributed by atoms with Gasteiger partial charge >= 0.3 is 0 Å². The first-order valence-electron chi connectivity index (χ1n) is 11.0. The highest BCUT2D eigenvalue weighted by Gasteiger charge is 2.17. The molecule has 1 aliphatic rings. The van der Waals surface area contributed by atoms with Crippen molar-refractivity contribution in [1.29, 1.82) is 0 Å². The van der Waals surface area contributed by atoms with Crippen molar-refractivity contribution in [3.05, 3.63) is 42.7 Å². The van der Waals surface area contributed by atoms with Gasteiger partial charge < -0.3 is 5.32 Å². The first-order valence-corrected chi connectivity index (χ1v) is 12.2. The molecular weight excluding hydrogens is 434 g/mol. The Morgan fingerprint density at radius 3 is 2.52 bits per heavy atom. The predicted octanol–water partition coefficient (Wildman–Crippen LogP) is 5.36. The average molecular weight is 468 g/mol. The number of aliphatic imine (C=N–C) groups is 2. The normalized spacial score (nSPS) is 14.2. The van der Waals surface area contributed by atoms with E-state index in [0.717, 1.165) is 48.2 Å². The Morgan fingerprint density at radius 1 is 1.24 bits per heavy atom. The number of anilines is 1. The number of amidine groups is 1. The van der Waals surface area contributed by atoms with Crippen LogP contribution in [0.2, 0.25) is 0 Å². The molecule has 0 radical (unpaired) electrons. The first-order chi connectivity index (χ1) is 15.9. The lowest BCUT2D eigenvalue weighted by atomic mass is 9.97. The summed E-state index contributed by atoms with van der Waals surface area (Å²) in [5.41, 5.74) is 3.51. The standard InChI is InChI=1S/C17H24N4O.C7H9N3S/c1-4-6-13(7-5-2)17(22)19-16-9-8-14(12-18-16)15-10-11-21(3)20-15;1-5-6(2)8-4-9-7(5)10-11-3/h8-13H,4-7H2,1-3H3,(H,18,19,22);4H,1H2,2-3H3/b;10-7+. The molecule has 3 rings (SSSR count). The Balaban J connectivity index is 0.000000294. The van der Waals surface area contributed by atoms with E-state index >= 15 is 0 Å². The van der Waals surface area contributed by atoms with Crippen LogP contribution in [0.25, 0.3) is 11.3 Å². The number of carbonyl (C=O) groups excluding carboxylic acids is 1. The molecule has 0 atom stereocenters. The van der Waals surface area contributed by atoms with Gasteiger partial charge in [0.2, 0.25) is 5.91 Å². The molecule has 1 N–H and O–H groups in total. The summed E-state index contributed by atoms with van der Waals surface area (Å²) < 4.78 is 5.83. The highest BCUT2D eigenvalue weighted by Crippen LogP contribution is 2.19. The number of hydrogen-bond donors (Lipinski definition) is 1. The van der Waals surface area contributed by atoms with Crippen molar-refractivity contribution in [3.63, 3.8) is 0 Å². The summed E-state index contributed by atoms with van der Waals surface area (Å²) in [6.45, 7) is 9.91. The number of nitrogens with zero attached hydrogens (tertiary/aromatic N) is 6. The van der Waals surface area contributed by atoms with Gasteiger partial charge in [0.1, 0.15) is 12.2 Å². The predicted molar refractivity (Wildman–Crippen MR) is 140 cm³/mol. The molecule has 8 nitrogen and oxygen atoms in total. The molecule has 2 aromatic heterocycles. The van der Waals surface area contributed by atoms with E-state index in [1.165, 1.54) is 18.3 Å². The first kappa shape index (κ1) is 26.2. The topological polar surface area (TPSA) is 96.9 Å². The molecular formula is C24H33N7OS. The Hall–Kier alpha value is -3.07. The average Bonchev–Trinajstić information content (AvgIpc) is 3.24. The van der Waals surface area contributed by atoms with E-state index in [4.69, 9.17) is 0 Å². The largest absolute Gasteiger partial charge is 0.310 e. The lowest BCUT2D eigenvalue weighted by molar-refractivity contribution is -0.120. The van der Waals surface area contributed by atoms with Gasteiger partial charge in [0.05, 0.1) is 5.69 Å². The molecule has 3 heterocycles. The van der Waals surface area contributed by atoms with Gasteiger partial charge in [0.25, 0.3) is 0 Å². The molecule has 1 aliphatic heterocycles. The van der Waals surface area contributed by atoms with Crippen LogP contribution in [0.5, 0.6) is 0 Å². The van der Waals surface area contributed by atoms with E-state index in [2.05, 4.69) is 50.2 Å². The number of pyridine rings is 1. The van der Waals surface area contributed by atoms with Gasteiger partial charge in [-0.2, -0.15) is 9.50 Å². The number of amides is 1. The second-order valence-electron chi connectivity index (χ2n) is 7.61. The molecule has 0 saturated carbocycles. The Labute approximate surface area is 200 Å². The number of aryl methyl sites for hydroxylation is 1. The molecule has 9 heteroatoms. The van der Waals surface area contributed by atoms with Gasteiger partial charge in [0.15, 0.2) is 5.84 Å². The van der Waals surface area contributed by atoms with Gasteiger partial charge in [-0.3, -0.25) is 9.48 Å². The van der Waals surface area contributed by atoms with E-state index in [1.54, 1.807) is 10.9 Å². The molecule has 0 aliphatic carbocycles. The minimum atomic E-state index is 0.0711. The van der Waals surface area contributed by atoms with Gasteiger partial charge in [-0.25, -0.2) is 15.0 Å². The zero-order chi connectivity index (χ0) is 24.2. The quantitative estimate of drug-likeness (QED) is 0.529. The van der Waals surface area contributed by atoms with E-state index < -0.39 is 0 Å². The Bertz CT molecular complexity index is 1020. The fourth-order valence-electron chi connectivity index (χ4n) is 3.17. The van der Waals surface area contributed by atoms with Crippen LogP contribution in [-0.2, 0) is 11.8 Å². The smallest absolute Gasteiger partial charge is 0.228 e. The molecule has 0 spiro atoms. The fourth-order valence-corrected chi connectivity index (χ4v) is 3.50. The second-order valence-corrected chi connectivity index (χ2v) is 8.15. The van der Waals surface area contributed by atoms with Crippen LogP contribution in [-0.4, -0.2) is 44.8 Å². The van der Waals surface area contributed by atoms with Crippen molar-refractivity contribution in [2.75, 3.05) is 11.6 Å². The van der Waals surface area contributed by atoms with Crippen LogP contribution >= 0.6 is 11.9 Å². The molecule has 0 aromatic carbocycles. The van der Waals surface area contributed by atoms with E-state index in [9.17, 15) is 4.79 Å². The molecule has 33 heavy (non-hydrogen) atoms. The van der Waals surface area contributed by atoms with Crippen LogP contribution in [0.1, 0.15) is 46.5 Å². The number of hydrogen-bond acceptors (Lipinski definition) is 6. The van der Waals surface area contributed by atoms with Gasteiger partial charge in [-0.15, -0.1) is 0 Å². The third-order valence-corrected chi connectivity index (χ3v) is 5.34. The zero-order valence-corrected chi connectivity index (χ0v) is 20.9. The minimum absolute atomic E-state index is 0.0711. The number of rotatable bonds is 8. The van der Waals surface area contributed by atoms with Crippen molar-refractivity contribution < 1.29 is 4.79 Å². The molecule has 1 amide bonds. The Morgan fingerprint density at radius 2 is 1.97 bits per heavy atom. The van der Waals surface area contributed by atoms with Gasteiger partial charge in [-0.1, -0.05) is 33.3 Å². The van der Waals surface area contributed by atoms with Crippen molar-refractivity contribution in [3.8, 4) is 11.3 Å². The van der Waals surface area contributed by atoms with Crippen molar-refractivity contribution >= 4 is 41.6 Å². The number of carbonyl (C=O) groups is 1. The maximum atomic E-state index is 12.3. The highest BCUT2D eigenvalue weighted by atomic mass is 32.2. The summed E-state index contributed by atoms with van der Waals surface area (Å²) in [6.07, 6.45) is 10.9. The van der Waals surface area contributed by atoms with Crippen molar-refractivity contribution in [1.82, 2.24) is 14.8 Å². The summed E-state index contributed by atoms with van der Waals surface area (Å²) in [7, 11) is 1.88. The molecule has 2 aromatic rings. The maximum Gasteiger partial charge on any atom is 0.228 e. The van der Waals surface area contributed by atoms with Crippen LogP contribution in [0, 0.1) is 5.92 Å². The summed E-state index contributed by atoms with van der Waals surface area (Å²) >= 11 is 1.37. The maximum absolute atomic E-state index is 12.3. The molecule has 0 saturated heterocycles. The molecule has 0 bridgehead atoms. The molecule has 0 unspecified atom stereocenters. The zero-order valence-electron chi connectivity index (χ0n) is 20.1.